The number of aromatic nitrogens is 2. The molecule has 174 valence electrons. The quantitative estimate of drug-likeness (QED) is 0.562. The van der Waals surface area contributed by atoms with Gasteiger partial charge in [-0.2, -0.15) is 0 Å². The van der Waals surface area contributed by atoms with Crippen LogP contribution in [0.25, 0.3) is 0 Å². The summed E-state index contributed by atoms with van der Waals surface area (Å²) in [6.45, 7) is 5.13. The van der Waals surface area contributed by atoms with Crippen molar-refractivity contribution in [3.63, 3.8) is 0 Å². The fourth-order valence-electron chi connectivity index (χ4n) is 5.12. The van der Waals surface area contributed by atoms with Gasteiger partial charge in [0, 0.05) is 61.8 Å². The molecule has 0 radical (unpaired) electrons. The third kappa shape index (κ3) is 5.76. The van der Waals surface area contributed by atoms with Crippen molar-refractivity contribution in [2.75, 3.05) is 20.1 Å². The van der Waals surface area contributed by atoms with Crippen molar-refractivity contribution >= 4 is 17.8 Å². The fraction of sp³-hybridized carbons (Fsp3) is 0.400. The van der Waals surface area contributed by atoms with Gasteiger partial charge in [-0.25, -0.2) is 4.98 Å². The molecule has 7 nitrogen and oxygen atoms in total. The lowest BCUT2D eigenvalue weighted by molar-refractivity contribution is -0.122. The Hall–Kier alpha value is -2.81. The maximum absolute atomic E-state index is 13.3. The van der Waals surface area contributed by atoms with Crippen molar-refractivity contribution in [3.05, 3.63) is 86.2 Å². The number of hydrogen-bond acceptors (Lipinski definition) is 6. The van der Waals surface area contributed by atoms with Crippen molar-refractivity contribution < 1.29 is 9.90 Å². The van der Waals surface area contributed by atoms with E-state index in [4.69, 9.17) is 9.90 Å². The molecule has 33 heavy (non-hydrogen) atoms. The van der Waals surface area contributed by atoms with Crippen LogP contribution >= 0.6 is 11.3 Å². The van der Waals surface area contributed by atoms with E-state index in [9.17, 15) is 4.79 Å². The number of carbonyl (C=O) groups is 1. The molecular formula is C25H30N4O3S. The highest BCUT2D eigenvalue weighted by atomic mass is 32.1. The highest BCUT2D eigenvalue weighted by molar-refractivity contribution is 7.07. The van der Waals surface area contributed by atoms with E-state index in [-0.39, 0.29) is 12.0 Å². The first kappa shape index (κ1) is 23.4. The van der Waals surface area contributed by atoms with Crippen LogP contribution in [0, 0.1) is 5.92 Å². The summed E-state index contributed by atoms with van der Waals surface area (Å²) >= 11 is 1.61. The summed E-state index contributed by atoms with van der Waals surface area (Å²) in [4.78, 5) is 30.7. The van der Waals surface area contributed by atoms with E-state index in [1.807, 2.05) is 5.51 Å². The third-order valence-corrected chi connectivity index (χ3v) is 7.00. The molecule has 2 aromatic heterocycles. The van der Waals surface area contributed by atoms with E-state index < -0.39 is 0 Å². The zero-order valence-electron chi connectivity index (χ0n) is 18.8. The predicted octanol–water partition coefficient (Wildman–Crippen LogP) is 3.26. The number of nitrogens with zero attached hydrogens (tertiary/aromatic N) is 4. The number of carboxylic acid groups (broad SMARTS) is 1. The molecule has 8 heteroatoms. The first-order valence-corrected chi connectivity index (χ1v) is 12.1. The lowest BCUT2D eigenvalue weighted by Gasteiger charge is -2.43. The minimum absolute atomic E-state index is 0.198. The van der Waals surface area contributed by atoms with Crippen LogP contribution in [0.1, 0.15) is 34.9 Å². The average molecular weight is 467 g/mol. The van der Waals surface area contributed by atoms with Gasteiger partial charge in [-0.15, -0.1) is 11.3 Å². The normalized spacial score (nSPS) is 19.5. The standard InChI is InChI=1S/C24H28N4OS.CH2O2/c1-26(15-22-16-30-17-25-22)13-20-7-8-23-21-9-19(12-28(23)24(20)29)11-27(14-21)10-18-5-3-2-4-6-18;2-1-3/h2-8,16-17,19,21H,9-15H2,1H3;1H,(H,2,3)/t19-,21+;/m0./s1. The maximum atomic E-state index is 13.3. The number of fused-ring (bicyclic) bond motifs is 4. The Morgan fingerprint density at radius 3 is 2.67 bits per heavy atom. The first-order chi connectivity index (χ1) is 16.1. The van der Waals surface area contributed by atoms with Gasteiger partial charge in [-0.05, 0) is 31.0 Å². The molecule has 1 saturated heterocycles. The molecule has 0 amide bonds. The van der Waals surface area contributed by atoms with Crippen LogP contribution in [-0.4, -0.2) is 51.1 Å². The summed E-state index contributed by atoms with van der Waals surface area (Å²) < 4.78 is 2.07. The molecule has 2 bridgehead atoms. The molecule has 2 aliphatic heterocycles. The van der Waals surface area contributed by atoms with Crippen molar-refractivity contribution in [1.82, 2.24) is 19.4 Å². The molecule has 0 saturated carbocycles. The Balaban J connectivity index is 0.000000821. The van der Waals surface area contributed by atoms with Crippen molar-refractivity contribution in [2.24, 2.45) is 5.92 Å². The van der Waals surface area contributed by atoms with E-state index in [2.05, 4.69) is 74.2 Å². The van der Waals surface area contributed by atoms with E-state index in [1.54, 1.807) is 11.3 Å². The highest BCUT2D eigenvalue weighted by Gasteiger charge is 2.34. The van der Waals surface area contributed by atoms with Gasteiger partial charge in [0.2, 0.25) is 0 Å². The molecule has 2 aliphatic rings. The number of thiazole rings is 1. The molecule has 5 rings (SSSR count). The second kappa shape index (κ2) is 10.9. The molecule has 0 spiro atoms. The van der Waals surface area contributed by atoms with Crippen molar-refractivity contribution in [3.8, 4) is 0 Å². The Kier molecular flexibility index (Phi) is 7.69. The topological polar surface area (TPSA) is 78.7 Å². The van der Waals surface area contributed by atoms with Crippen LogP contribution in [0.5, 0.6) is 0 Å². The van der Waals surface area contributed by atoms with Crippen molar-refractivity contribution in [2.45, 2.75) is 38.5 Å². The SMILES string of the molecule is CN(Cc1cscn1)Cc1ccc2n(c1=O)C[C@H]1C[C@@H]2CN(Cc2ccccc2)C1.O=CO. The first-order valence-electron chi connectivity index (χ1n) is 11.2. The van der Waals surface area contributed by atoms with Crippen LogP contribution in [0.15, 0.2) is 58.1 Å². The molecule has 2 atom stereocenters. The third-order valence-electron chi connectivity index (χ3n) is 6.36. The van der Waals surface area contributed by atoms with Gasteiger partial charge < -0.3 is 9.67 Å². The minimum Gasteiger partial charge on any atom is -0.483 e. The molecular weight excluding hydrogens is 436 g/mol. The number of pyridine rings is 1. The number of rotatable bonds is 6. The summed E-state index contributed by atoms with van der Waals surface area (Å²) in [5.41, 5.74) is 6.60. The summed E-state index contributed by atoms with van der Waals surface area (Å²) in [6, 6.07) is 15.0. The van der Waals surface area contributed by atoms with Crippen LogP contribution in [0.3, 0.4) is 0 Å². The molecule has 0 unspecified atom stereocenters. The second-order valence-corrected chi connectivity index (χ2v) is 9.65. The van der Waals surface area contributed by atoms with E-state index in [0.717, 1.165) is 44.0 Å². The highest BCUT2D eigenvalue weighted by Crippen LogP contribution is 2.35. The van der Waals surface area contributed by atoms with Gasteiger partial charge in [-0.1, -0.05) is 36.4 Å². The molecule has 1 aromatic carbocycles. The molecule has 3 aromatic rings. The van der Waals surface area contributed by atoms with E-state index >= 15 is 0 Å². The van der Waals surface area contributed by atoms with Gasteiger partial charge in [0.25, 0.3) is 12.0 Å². The van der Waals surface area contributed by atoms with Crippen LogP contribution in [0.4, 0.5) is 0 Å². The Morgan fingerprint density at radius 1 is 1.15 bits per heavy atom. The number of likely N-dealkylation sites (tertiary alicyclic amines) is 1. The summed E-state index contributed by atoms with van der Waals surface area (Å²) in [5, 5.41) is 8.96. The number of benzene rings is 1. The number of piperidine rings is 1. The molecule has 1 fully saturated rings. The van der Waals surface area contributed by atoms with Gasteiger partial charge in [0.05, 0.1) is 11.2 Å². The number of hydrogen-bond donors (Lipinski definition) is 1. The van der Waals surface area contributed by atoms with Crippen LogP contribution in [0.2, 0.25) is 0 Å². The average Bonchev–Trinajstić information content (AvgIpc) is 3.30. The molecule has 4 heterocycles. The summed E-state index contributed by atoms with van der Waals surface area (Å²) in [7, 11) is 2.05. The summed E-state index contributed by atoms with van der Waals surface area (Å²) in [6.07, 6.45) is 1.20. The molecule has 0 aliphatic carbocycles. The zero-order chi connectivity index (χ0) is 23.2. The zero-order valence-corrected chi connectivity index (χ0v) is 19.7. The van der Waals surface area contributed by atoms with Gasteiger partial charge in [0.1, 0.15) is 0 Å². The molecule has 1 N–H and O–H groups in total. The largest absolute Gasteiger partial charge is 0.483 e. The predicted molar refractivity (Wildman–Crippen MR) is 129 cm³/mol. The lowest BCUT2D eigenvalue weighted by atomic mass is 9.83. The lowest BCUT2D eigenvalue weighted by Crippen LogP contribution is -2.47. The van der Waals surface area contributed by atoms with Gasteiger partial charge in [-0.3, -0.25) is 19.4 Å². The fourth-order valence-corrected chi connectivity index (χ4v) is 5.67. The van der Waals surface area contributed by atoms with Gasteiger partial charge >= 0.3 is 0 Å². The van der Waals surface area contributed by atoms with Crippen LogP contribution in [-0.2, 0) is 31.0 Å². The minimum atomic E-state index is -0.250. The Morgan fingerprint density at radius 2 is 1.94 bits per heavy atom. The smallest absolute Gasteiger partial charge is 0.290 e. The Bertz CT molecular complexity index is 1100. The monoisotopic (exact) mass is 466 g/mol. The van der Waals surface area contributed by atoms with Gasteiger partial charge in [0.15, 0.2) is 0 Å². The Labute approximate surface area is 197 Å². The second-order valence-electron chi connectivity index (χ2n) is 8.94. The van der Waals surface area contributed by atoms with Crippen LogP contribution < -0.4 is 5.56 Å². The van der Waals surface area contributed by atoms with E-state index in [0.29, 0.717) is 18.4 Å². The van der Waals surface area contributed by atoms with Crippen molar-refractivity contribution in [1.29, 1.82) is 0 Å². The summed E-state index contributed by atoms with van der Waals surface area (Å²) in [5.74, 6) is 1.01. The maximum Gasteiger partial charge on any atom is 0.290 e. The van der Waals surface area contributed by atoms with E-state index in [1.165, 1.54) is 17.7 Å².